The summed E-state index contributed by atoms with van der Waals surface area (Å²) in [4.78, 5) is 33.5. The van der Waals surface area contributed by atoms with Crippen molar-refractivity contribution in [2.45, 2.75) is 19.4 Å². The summed E-state index contributed by atoms with van der Waals surface area (Å²) in [5.41, 5.74) is 0.527. The van der Waals surface area contributed by atoms with Crippen molar-refractivity contribution in [1.82, 2.24) is 29.5 Å². The molecule has 0 radical (unpaired) electrons. The molecular formula is C22H17F2N7O. The molecule has 160 valence electrons. The topological polar surface area (TPSA) is 101 Å². The minimum Gasteiger partial charge on any atom is -0.358 e. The molecule has 10 heteroatoms. The molecule has 3 heterocycles. The molecule has 32 heavy (non-hydrogen) atoms. The van der Waals surface area contributed by atoms with Gasteiger partial charge in [-0.1, -0.05) is 25.1 Å². The number of nitrogens with zero attached hydrogens (tertiary/aromatic N) is 5. The maximum atomic E-state index is 14.8. The van der Waals surface area contributed by atoms with Crippen LogP contribution in [0.5, 0.6) is 0 Å². The number of rotatable bonds is 5. The fraction of sp³-hybridized carbons (Fsp3) is 0.136. The number of aromatic amines is 1. The molecule has 0 aliphatic rings. The SMILES string of the molecule is CC[C@@H](Nc1ncnc2[nH]cnc12)c1nc2cccc(F)c2c(=O)n1-c1ccccc1F. The van der Waals surface area contributed by atoms with Crippen LogP contribution in [0.2, 0.25) is 0 Å². The van der Waals surface area contributed by atoms with E-state index in [1.807, 2.05) is 6.92 Å². The van der Waals surface area contributed by atoms with E-state index in [9.17, 15) is 13.6 Å². The Labute approximate surface area is 180 Å². The second kappa shape index (κ2) is 7.80. The molecule has 0 spiro atoms. The first kappa shape index (κ1) is 19.7. The molecule has 5 rings (SSSR count). The van der Waals surface area contributed by atoms with Crippen molar-refractivity contribution in [2.24, 2.45) is 0 Å². The maximum absolute atomic E-state index is 14.8. The number of H-pyrrole nitrogens is 1. The summed E-state index contributed by atoms with van der Waals surface area (Å²) in [6.45, 7) is 1.88. The van der Waals surface area contributed by atoms with Gasteiger partial charge in [0.25, 0.3) is 5.56 Å². The summed E-state index contributed by atoms with van der Waals surface area (Å²) in [7, 11) is 0. The molecule has 0 saturated carbocycles. The molecule has 0 bridgehead atoms. The van der Waals surface area contributed by atoms with Gasteiger partial charge in [-0.05, 0) is 30.7 Å². The van der Waals surface area contributed by atoms with E-state index in [4.69, 9.17) is 0 Å². The smallest absolute Gasteiger partial charge is 0.269 e. The molecule has 3 aromatic heterocycles. The zero-order chi connectivity index (χ0) is 22.2. The fourth-order valence-corrected chi connectivity index (χ4v) is 3.69. The highest BCUT2D eigenvalue weighted by atomic mass is 19.1. The lowest BCUT2D eigenvalue weighted by Crippen LogP contribution is -2.29. The number of hydrogen-bond donors (Lipinski definition) is 2. The Morgan fingerprint density at radius 1 is 1.06 bits per heavy atom. The minimum atomic E-state index is -0.716. The van der Waals surface area contributed by atoms with Crippen molar-refractivity contribution in [3.63, 3.8) is 0 Å². The average molecular weight is 433 g/mol. The second-order valence-corrected chi connectivity index (χ2v) is 7.12. The Morgan fingerprint density at radius 2 is 1.88 bits per heavy atom. The normalized spacial score (nSPS) is 12.3. The number of benzene rings is 2. The van der Waals surface area contributed by atoms with Gasteiger partial charge in [0.05, 0.1) is 23.6 Å². The Kier molecular flexibility index (Phi) is 4.81. The fourth-order valence-electron chi connectivity index (χ4n) is 3.69. The molecule has 0 saturated heterocycles. The zero-order valence-electron chi connectivity index (χ0n) is 16.9. The summed E-state index contributed by atoms with van der Waals surface area (Å²) in [5, 5.41) is 3.04. The highest BCUT2D eigenvalue weighted by molar-refractivity contribution is 5.82. The highest BCUT2D eigenvalue weighted by Gasteiger charge is 2.24. The van der Waals surface area contributed by atoms with Crippen LogP contribution >= 0.6 is 0 Å². The van der Waals surface area contributed by atoms with E-state index in [0.29, 0.717) is 23.4 Å². The van der Waals surface area contributed by atoms with Crippen LogP contribution in [0.3, 0.4) is 0 Å². The van der Waals surface area contributed by atoms with E-state index in [1.54, 1.807) is 12.1 Å². The van der Waals surface area contributed by atoms with Crippen molar-refractivity contribution in [2.75, 3.05) is 5.32 Å². The maximum Gasteiger partial charge on any atom is 0.269 e. The van der Waals surface area contributed by atoms with E-state index < -0.39 is 23.2 Å². The summed E-state index contributed by atoms with van der Waals surface area (Å²) in [6, 6.07) is 9.47. The van der Waals surface area contributed by atoms with Crippen molar-refractivity contribution in [1.29, 1.82) is 0 Å². The molecule has 5 aromatic rings. The molecule has 1 atom stereocenters. The van der Waals surface area contributed by atoms with Crippen LogP contribution in [0.15, 0.2) is 59.9 Å². The monoisotopic (exact) mass is 433 g/mol. The summed E-state index contributed by atoms with van der Waals surface area (Å²) < 4.78 is 30.4. The third-order valence-electron chi connectivity index (χ3n) is 5.21. The number of hydrogen-bond acceptors (Lipinski definition) is 6. The quantitative estimate of drug-likeness (QED) is 0.436. The summed E-state index contributed by atoms with van der Waals surface area (Å²) in [5.74, 6) is -0.689. The third-order valence-corrected chi connectivity index (χ3v) is 5.21. The van der Waals surface area contributed by atoms with E-state index in [-0.39, 0.29) is 22.4 Å². The lowest BCUT2D eigenvalue weighted by Gasteiger charge is -2.22. The van der Waals surface area contributed by atoms with Crippen LogP contribution in [0.25, 0.3) is 27.8 Å². The van der Waals surface area contributed by atoms with Gasteiger partial charge in [-0.2, -0.15) is 0 Å². The van der Waals surface area contributed by atoms with Crippen molar-refractivity contribution in [3.05, 3.63) is 82.9 Å². The van der Waals surface area contributed by atoms with E-state index in [1.165, 1.54) is 43.0 Å². The van der Waals surface area contributed by atoms with E-state index in [2.05, 4.69) is 30.2 Å². The van der Waals surface area contributed by atoms with Crippen LogP contribution in [-0.2, 0) is 0 Å². The predicted octanol–water partition coefficient (Wildman–Crippen LogP) is 3.89. The first-order chi connectivity index (χ1) is 15.6. The molecular weight excluding hydrogens is 416 g/mol. The van der Waals surface area contributed by atoms with Gasteiger partial charge in [0.1, 0.15) is 34.7 Å². The van der Waals surface area contributed by atoms with Crippen molar-refractivity contribution < 1.29 is 8.78 Å². The molecule has 2 aromatic carbocycles. The Balaban J connectivity index is 1.76. The first-order valence-corrected chi connectivity index (χ1v) is 9.95. The standard InChI is InChI=1S/C22H17F2N7O/c1-2-14(29-20-18-19(26-10-25-18)27-11-28-20)21-30-15-8-5-7-13(24)17(15)22(32)31(21)16-9-4-3-6-12(16)23/h3-11,14H,2H2,1H3,(H2,25,26,27,28,29)/t14-/m1/s1. The van der Waals surface area contributed by atoms with Crippen LogP contribution < -0.4 is 10.9 Å². The minimum absolute atomic E-state index is 0.0157. The molecule has 0 fully saturated rings. The zero-order valence-corrected chi connectivity index (χ0v) is 16.9. The van der Waals surface area contributed by atoms with Crippen molar-refractivity contribution >= 4 is 27.9 Å². The number of fused-ring (bicyclic) bond motifs is 2. The number of nitrogens with one attached hydrogen (secondary N) is 2. The Morgan fingerprint density at radius 3 is 2.69 bits per heavy atom. The largest absolute Gasteiger partial charge is 0.358 e. The summed E-state index contributed by atoms with van der Waals surface area (Å²) in [6.07, 6.45) is 3.35. The van der Waals surface area contributed by atoms with E-state index >= 15 is 0 Å². The Hall–Kier alpha value is -4.21. The van der Waals surface area contributed by atoms with E-state index in [0.717, 1.165) is 4.57 Å². The van der Waals surface area contributed by atoms with Gasteiger partial charge in [0, 0.05) is 0 Å². The molecule has 0 aliphatic carbocycles. The van der Waals surface area contributed by atoms with Crippen LogP contribution in [0, 0.1) is 11.6 Å². The van der Waals surface area contributed by atoms with Gasteiger partial charge in [-0.15, -0.1) is 0 Å². The van der Waals surface area contributed by atoms with Gasteiger partial charge < -0.3 is 10.3 Å². The van der Waals surface area contributed by atoms with Crippen LogP contribution in [-0.4, -0.2) is 29.5 Å². The second-order valence-electron chi connectivity index (χ2n) is 7.12. The first-order valence-electron chi connectivity index (χ1n) is 9.95. The summed E-state index contributed by atoms with van der Waals surface area (Å²) >= 11 is 0. The van der Waals surface area contributed by atoms with Gasteiger partial charge >= 0.3 is 0 Å². The van der Waals surface area contributed by atoms with Crippen LogP contribution in [0.1, 0.15) is 25.2 Å². The number of imidazole rings is 1. The number of aromatic nitrogens is 6. The van der Waals surface area contributed by atoms with Gasteiger partial charge in [-0.25, -0.2) is 28.7 Å². The Bertz CT molecular complexity index is 1510. The van der Waals surface area contributed by atoms with Gasteiger partial charge in [0.15, 0.2) is 11.5 Å². The molecule has 0 unspecified atom stereocenters. The van der Waals surface area contributed by atoms with Crippen LogP contribution in [0.4, 0.5) is 14.6 Å². The lowest BCUT2D eigenvalue weighted by atomic mass is 10.1. The average Bonchev–Trinajstić information content (AvgIpc) is 3.28. The number of anilines is 1. The van der Waals surface area contributed by atoms with Crippen molar-refractivity contribution in [3.8, 4) is 5.69 Å². The molecule has 0 amide bonds. The number of para-hydroxylation sites is 1. The third kappa shape index (κ3) is 3.16. The predicted molar refractivity (Wildman–Crippen MR) is 116 cm³/mol. The highest BCUT2D eigenvalue weighted by Crippen LogP contribution is 2.27. The van der Waals surface area contributed by atoms with Gasteiger partial charge in [-0.3, -0.25) is 9.36 Å². The lowest BCUT2D eigenvalue weighted by molar-refractivity contribution is 0.596. The molecule has 8 nitrogen and oxygen atoms in total. The number of halogens is 2. The molecule has 2 N–H and O–H groups in total. The van der Waals surface area contributed by atoms with Gasteiger partial charge in [0.2, 0.25) is 0 Å². The molecule has 0 aliphatic heterocycles.